The van der Waals surface area contributed by atoms with E-state index in [2.05, 4.69) is 0 Å². The van der Waals surface area contributed by atoms with Crippen molar-refractivity contribution >= 4 is 12.2 Å². The molecule has 68 valence electrons. The Kier molecular flexibility index (Phi) is 2.76. The van der Waals surface area contributed by atoms with E-state index in [0.717, 1.165) is 0 Å². The van der Waals surface area contributed by atoms with Crippen molar-refractivity contribution in [3.05, 3.63) is 34.9 Å². The zero-order valence-electron chi connectivity index (χ0n) is 6.86. The summed E-state index contributed by atoms with van der Waals surface area (Å²) in [5, 5.41) is 8.83. The van der Waals surface area contributed by atoms with Gasteiger partial charge in [-0.15, -0.1) is 0 Å². The van der Waals surface area contributed by atoms with E-state index in [1.807, 2.05) is 0 Å². The SMILES string of the molecule is NC(=O)c1cc(C=O)ccc1CO. The lowest BCUT2D eigenvalue weighted by molar-refractivity contribution is 0.0997. The number of rotatable bonds is 3. The van der Waals surface area contributed by atoms with Crippen molar-refractivity contribution in [2.75, 3.05) is 0 Å². The van der Waals surface area contributed by atoms with Crippen LogP contribution in [-0.4, -0.2) is 17.3 Å². The minimum atomic E-state index is -0.646. The number of nitrogens with two attached hydrogens (primary N) is 1. The predicted octanol–water partition coefficient (Wildman–Crippen LogP) is 0.0903. The van der Waals surface area contributed by atoms with Crippen molar-refractivity contribution in [1.82, 2.24) is 0 Å². The second-order valence-corrected chi connectivity index (χ2v) is 2.56. The molecule has 0 fully saturated rings. The second kappa shape index (κ2) is 3.82. The third kappa shape index (κ3) is 1.91. The highest BCUT2D eigenvalue weighted by molar-refractivity contribution is 5.96. The molecule has 0 aromatic heterocycles. The van der Waals surface area contributed by atoms with E-state index in [0.29, 0.717) is 17.4 Å². The highest BCUT2D eigenvalue weighted by Gasteiger charge is 2.07. The van der Waals surface area contributed by atoms with Gasteiger partial charge in [-0.05, 0) is 11.6 Å². The molecule has 1 aromatic carbocycles. The van der Waals surface area contributed by atoms with Crippen molar-refractivity contribution in [2.45, 2.75) is 6.61 Å². The fraction of sp³-hybridized carbons (Fsp3) is 0.111. The van der Waals surface area contributed by atoms with Crippen LogP contribution in [0.3, 0.4) is 0 Å². The van der Waals surface area contributed by atoms with Crippen LogP contribution in [0.2, 0.25) is 0 Å². The number of hydrogen-bond acceptors (Lipinski definition) is 3. The smallest absolute Gasteiger partial charge is 0.249 e. The minimum Gasteiger partial charge on any atom is -0.392 e. The molecule has 0 bridgehead atoms. The molecule has 0 heterocycles. The van der Waals surface area contributed by atoms with Crippen LogP contribution in [0.15, 0.2) is 18.2 Å². The number of aliphatic hydroxyl groups excluding tert-OH is 1. The standard InChI is InChI=1S/C9H9NO3/c10-9(13)8-3-6(4-11)1-2-7(8)5-12/h1-4,12H,5H2,(H2,10,13). The van der Waals surface area contributed by atoms with Gasteiger partial charge in [0.2, 0.25) is 5.91 Å². The third-order valence-corrected chi connectivity index (χ3v) is 1.71. The number of amides is 1. The summed E-state index contributed by atoms with van der Waals surface area (Å²) in [6, 6.07) is 4.38. The number of aldehydes is 1. The molecule has 0 aliphatic rings. The number of carbonyl (C=O) groups excluding carboxylic acids is 2. The number of primary amides is 1. The Labute approximate surface area is 75.0 Å². The molecule has 13 heavy (non-hydrogen) atoms. The van der Waals surface area contributed by atoms with Gasteiger partial charge in [0.25, 0.3) is 0 Å². The molecular weight excluding hydrogens is 170 g/mol. The summed E-state index contributed by atoms with van der Waals surface area (Å²) in [4.78, 5) is 21.2. The summed E-state index contributed by atoms with van der Waals surface area (Å²) in [6.45, 7) is -0.266. The van der Waals surface area contributed by atoms with Gasteiger partial charge in [-0.2, -0.15) is 0 Å². The molecule has 4 heteroatoms. The quantitative estimate of drug-likeness (QED) is 0.645. The average Bonchev–Trinajstić information content (AvgIpc) is 2.16. The van der Waals surface area contributed by atoms with Crippen LogP contribution in [0.5, 0.6) is 0 Å². The maximum Gasteiger partial charge on any atom is 0.249 e. The van der Waals surface area contributed by atoms with Gasteiger partial charge in [0, 0.05) is 11.1 Å². The Morgan fingerprint density at radius 3 is 2.69 bits per heavy atom. The fourth-order valence-electron chi connectivity index (χ4n) is 1.03. The van der Waals surface area contributed by atoms with E-state index in [-0.39, 0.29) is 12.2 Å². The zero-order valence-corrected chi connectivity index (χ0v) is 6.86. The molecule has 0 unspecified atom stereocenters. The van der Waals surface area contributed by atoms with Crippen LogP contribution in [-0.2, 0) is 6.61 Å². The van der Waals surface area contributed by atoms with Crippen molar-refractivity contribution in [1.29, 1.82) is 0 Å². The third-order valence-electron chi connectivity index (χ3n) is 1.71. The topological polar surface area (TPSA) is 80.4 Å². The molecule has 0 aliphatic carbocycles. The fourth-order valence-corrected chi connectivity index (χ4v) is 1.03. The summed E-state index contributed by atoms with van der Waals surface area (Å²) < 4.78 is 0. The zero-order chi connectivity index (χ0) is 9.84. The first-order chi connectivity index (χ1) is 6.19. The van der Waals surface area contributed by atoms with Crippen LogP contribution in [0, 0.1) is 0 Å². The van der Waals surface area contributed by atoms with Gasteiger partial charge >= 0.3 is 0 Å². The lowest BCUT2D eigenvalue weighted by Crippen LogP contribution is -2.14. The molecule has 0 atom stereocenters. The van der Waals surface area contributed by atoms with Crippen molar-refractivity contribution in [3.8, 4) is 0 Å². The second-order valence-electron chi connectivity index (χ2n) is 2.56. The van der Waals surface area contributed by atoms with E-state index in [9.17, 15) is 9.59 Å². The number of benzene rings is 1. The van der Waals surface area contributed by atoms with Gasteiger partial charge in [0.15, 0.2) is 0 Å². The predicted molar refractivity (Wildman–Crippen MR) is 46.3 cm³/mol. The normalized spacial score (nSPS) is 9.62. The molecule has 0 spiro atoms. The summed E-state index contributed by atoms with van der Waals surface area (Å²) in [5.41, 5.74) is 6.03. The van der Waals surface area contributed by atoms with Crippen molar-refractivity contribution in [3.63, 3.8) is 0 Å². The molecule has 1 aromatic rings. The van der Waals surface area contributed by atoms with Crippen LogP contribution in [0.25, 0.3) is 0 Å². The Balaban J connectivity index is 3.25. The first-order valence-electron chi connectivity index (χ1n) is 3.67. The number of carbonyl (C=O) groups is 2. The summed E-state index contributed by atoms with van der Waals surface area (Å²) >= 11 is 0. The average molecular weight is 179 g/mol. The maximum atomic E-state index is 10.8. The van der Waals surface area contributed by atoms with Crippen molar-refractivity contribution in [2.24, 2.45) is 5.73 Å². The van der Waals surface area contributed by atoms with Gasteiger partial charge < -0.3 is 10.8 Å². The molecule has 0 radical (unpaired) electrons. The molecule has 1 rings (SSSR count). The highest BCUT2D eigenvalue weighted by atomic mass is 16.3. The summed E-state index contributed by atoms with van der Waals surface area (Å²) in [6.07, 6.45) is 0.619. The molecule has 4 nitrogen and oxygen atoms in total. The first-order valence-corrected chi connectivity index (χ1v) is 3.67. The van der Waals surface area contributed by atoms with E-state index in [1.165, 1.54) is 18.2 Å². The van der Waals surface area contributed by atoms with E-state index in [4.69, 9.17) is 10.8 Å². The van der Waals surface area contributed by atoms with Crippen LogP contribution >= 0.6 is 0 Å². The largest absolute Gasteiger partial charge is 0.392 e. The molecular formula is C9H9NO3. The van der Waals surface area contributed by atoms with Gasteiger partial charge in [-0.1, -0.05) is 12.1 Å². The van der Waals surface area contributed by atoms with Gasteiger partial charge in [-0.25, -0.2) is 0 Å². The molecule has 0 saturated carbocycles. The Bertz CT molecular complexity index is 347. The van der Waals surface area contributed by atoms with E-state index >= 15 is 0 Å². The molecule has 0 aliphatic heterocycles. The van der Waals surface area contributed by atoms with Gasteiger partial charge in [0.05, 0.1) is 6.61 Å². The maximum absolute atomic E-state index is 10.8. The number of aliphatic hydroxyl groups is 1. The number of hydrogen-bond donors (Lipinski definition) is 2. The molecule has 1 amide bonds. The van der Waals surface area contributed by atoms with E-state index < -0.39 is 5.91 Å². The molecule has 3 N–H and O–H groups in total. The van der Waals surface area contributed by atoms with Crippen molar-refractivity contribution < 1.29 is 14.7 Å². The monoisotopic (exact) mass is 179 g/mol. The Morgan fingerprint density at radius 1 is 1.54 bits per heavy atom. The highest BCUT2D eigenvalue weighted by Crippen LogP contribution is 2.10. The summed E-state index contributed by atoms with van der Waals surface area (Å²) in [7, 11) is 0. The van der Waals surface area contributed by atoms with Crippen LogP contribution < -0.4 is 5.73 Å². The van der Waals surface area contributed by atoms with Gasteiger partial charge in [-0.3, -0.25) is 9.59 Å². The van der Waals surface area contributed by atoms with Crippen LogP contribution in [0.4, 0.5) is 0 Å². The molecule has 0 saturated heterocycles. The van der Waals surface area contributed by atoms with E-state index in [1.54, 1.807) is 0 Å². The Hall–Kier alpha value is -1.68. The van der Waals surface area contributed by atoms with Gasteiger partial charge in [0.1, 0.15) is 6.29 Å². The summed E-state index contributed by atoms with van der Waals surface area (Å²) in [5.74, 6) is -0.646. The Morgan fingerprint density at radius 2 is 2.23 bits per heavy atom. The first kappa shape index (κ1) is 9.41. The lowest BCUT2D eigenvalue weighted by Gasteiger charge is -2.03. The minimum absolute atomic E-state index is 0.187. The lowest BCUT2D eigenvalue weighted by atomic mass is 10.0. The van der Waals surface area contributed by atoms with Crippen LogP contribution in [0.1, 0.15) is 26.3 Å².